The molecule has 1 amide bonds. The molecule has 5 heteroatoms. The van der Waals surface area contributed by atoms with Crippen molar-refractivity contribution in [2.45, 2.75) is 20.0 Å². The number of aliphatic hydroxyl groups excluding tert-OH is 1. The number of amides is 1. The van der Waals surface area contributed by atoms with Gasteiger partial charge in [-0.15, -0.1) is 0 Å². The first kappa shape index (κ1) is 14.4. The van der Waals surface area contributed by atoms with Crippen LogP contribution < -0.4 is 10.2 Å². The van der Waals surface area contributed by atoms with E-state index in [4.69, 9.17) is 0 Å². The normalized spacial score (nSPS) is 12.1. The van der Waals surface area contributed by atoms with Crippen LogP contribution in [0.25, 0.3) is 0 Å². The van der Waals surface area contributed by atoms with Gasteiger partial charge in [0.1, 0.15) is 5.82 Å². The third-order valence-electron chi connectivity index (χ3n) is 2.79. The van der Waals surface area contributed by atoms with Gasteiger partial charge in [0.15, 0.2) is 0 Å². The standard InChI is InChI=1S/C13H19FN2O2/c1-4-16(8-13(18)15-3)12-6-5-10(9(2)17)7-11(12)14/h5-7,9,17H,4,8H2,1-3H3,(H,15,18). The summed E-state index contributed by atoms with van der Waals surface area (Å²) in [5.74, 6) is -0.602. The Bertz CT molecular complexity index is 421. The number of rotatable bonds is 5. The summed E-state index contributed by atoms with van der Waals surface area (Å²) in [4.78, 5) is 13.0. The minimum absolute atomic E-state index is 0.109. The zero-order valence-corrected chi connectivity index (χ0v) is 10.9. The van der Waals surface area contributed by atoms with Gasteiger partial charge in [-0.1, -0.05) is 6.07 Å². The Morgan fingerprint density at radius 3 is 2.67 bits per heavy atom. The van der Waals surface area contributed by atoms with Crippen molar-refractivity contribution in [3.05, 3.63) is 29.6 Å². The lowest BCUT2D eigenvalue weighted by Gasteiger charge is -2.23. The number of nitrogens with one attached hydrogen (secondary N) is 1. The highest BCUT2D eigenvalue weighted by molar-refractivity contribution is 5.81. The molecule has 18 heavy (non-hydrogen) atoms. The number of aliphatic hydroxyl groups is 1. The van der Waals surface area contributed by atoms with Crippen LogP contribution >= 0.6 is 0 Å². The zero-order valence-electron chi connectivity index (χ0n) is 10.9. The fourth-order valence-electron chi connectivity index (χ4n) is 1.66. The molecule has 0 heterocycles. The molecule has 2 N–H and O–H groups in total. The highest BCUT2D eigenvalue weighted by Crippen LogP contribution is 2.23. The van der Waals surface area contributed by atoms with Gasteiger partial charge in [0.2, 0.25) is 5.91 Å². The maximum atomic E-state index is 13.9. The topological polar surface area (TPSA) is 52.6 Å². The van der Waals surface area contributed by atoms with E-state index in [1.54, 1.807) is 31.0 Å². The molecule has 0 radical (unpaired) electrons. The number of likely N-dealkylation sites (N-methyl/N-ethyl adjacent to an activating group) is 2. The Balaban J connectivity index is 2.96. The van der Waals surface area contributed by atoms with Gasteiger partial charge >= 0.3 is 0 Å². The summed E-state index contributed by atoms with van der Waals surface area (Å²) < 4.78 is 13.9. The van der Waals surface area contributed by atoms with Crippen LogP contribution in [0.5, 0.6) is 0 Å². The molecule has 0 fully saturated rings. The van der Waals surface area contributed by atoms with Gasteiger partial charge < -0.3 is 15.3 Å². The molecule has 0 saturated heterocycles. The Morgan fingerprint density at radius 1 is 1.56 bits per heavy atom. The second-order valence-electron chi connectivity index (χ2n) is 4.07. The van der Waals surface area contributed by atoms with Crippen molar-refractivity contribution in [1.29, 1.82) is 0 Å². The van der Waals surface area contributed by atoms with Crippen LogP contribution in [0.3, 0.4) is 0 Å². The number of benzene rings is 1. The number of halogens is 1. The van der Waals surface area contributed by atoms with E-state index in [-0.39, 0.29) is 12.5 Å². The van der Waals surface area contributed by atoms with Gasteiger partial charge in [-0.3, -0.25) is 4.79 Å². The Hall–Kier alpha value is -1.62. The van der Waals surface area contributed by atoms with Crippen LogP contribution in [-0.2, 0) is 4.79 Å². The first-order valence-corrected chi connectivity index (χ1v) is 5.92. The van der Waals surface area contributed by atoms with Crippen molar-refractivity contribution < 1.29 is 14.3 Å². The predicted molar refractivity (Wildman–Crippen MR) is 69.0 cm³/mol. The summed E-state index contributed by atoms with van der Waals surface area (Å²) in [6, 6.07) is 4.55. The van der Waals surface area contributed by atoms with E-state index >= 15 is 0 Å². The molecule has 0 aromatic heterocycles. The van der Waals surface area contributed by atoms with Gasteiger partial charge in [-0.05, 0) is 31.5 Å². The average molecular weight is 254 g/mol. The van der Waals surface area contributed by atoms with E-state index in [1.165, 1.54) is 6.07 Å². The summed E-state index contributed by atoms with van der Waals surface area (Å²) in [5, 5.41) is 11.9. The third kappa shape index (κ3) is 3.43. The molecule has 1 unspecified atom stereocenters. The molecule has 1 atom stereocenters. The Kier molecular flexibility index (Phi) is 5.09. The summed E-state index contributed by atoms with van der Waals surface area (Å²) >= 11 is 0. The monoisotopic (exact) mass is 254 g/mol. The molecule has 0 saturated carbocycles. The van der Waals surface area contributed by atoms with Crippen molar-refractivity contribution in [2.24, 2.45) is 0 Å². The lowest BCUT2D eigenvalue weighted by molar-refractivity contribution is -0.119. The quantitative estimate of drug-likeness (QED) is 0.836. The number of hydrogen-bond acceptors (Lipinski definition) is 3. The molecule has 0 aliphatic rings. The molecule has 0 bridgehead atoms. The van der Waals surface area contributed by atoms with Gasteiger partial charge in [0.05, 0.1) is 18.3 Å². The van der Waals surface area contributed by atoms with Gasteiger partial charge in [-0.25, -0.2) is 4.39 Å². The lowest BCUT2D eigenvalue weighted by atomic mass is 10.1. The van der Waals surface area contributed by atoms with Crippen LogP contribution in [0.4, 0.5) is 10.1 Å². The second-order valence-corrected chi connectivity index (χ2v) is 4.07. The number of hydrogen-bond donors (Lipinski definition) is 2. The molecular weight excluding hydrogens is 235 g/mol. The first-order chi connectivity index (χ1) is 8.49. The van der Waals surface area contributed by atoms with Gasteiger partial charge in [-0.2, -0.15) is 0 Å². The SMILES string of the molecule is CCN(CC(=O)NC)c1ccc(C(C)O)cc1F. The lowest BCUT2D eigenvalue weighted by Crippen LogP contribution is -2.36. The minimum Gasteiger partial charge on any atom is -0.389 e. The number of nitrogens with zero attached hydrogens (tertiary/aromatic N) is 1. The van der Waals surface area contributed by atoms with Crippen molar-refractivity contribution >= 4 is 11.6 Å². The summed E-state index contributed by atoms with van der Waals surface area (Å²) in [6.07, 6.45) is -0.706. The first-order valence-electron chi connectivity index (χ1n) is 5.92. The largest absolute Gasteiger partial charge is 0.389 e. The molecule has 0 aliphatic heterocycles. The Labute approximate surface area is 106 Å². The van der Waals surface area contributed by atoms with Crippen LogP contribution in [0.15, 0.2) is 18.2 Å². The van der Waals surface area contributed by atoms with Gasteiger partial charge in [0.25, 0.3) is 0 Å². The molecule has 1 rings (SSSR count). The van der Waals surface area contributed by atoms with Crippen molar-refractivity contribution in [1.82, 2.24) is 5.32 Å². The molecule has 0 spiro atoms. The molecule has 0 aliphatic carbocycles. The highest BCUT2D eigenvalue weighted by atomic mass is 19.1. The Morgan fingerprint density at radius 2 is 2.22 bits per heavy atom. The van der Waals surface area contributed by atoms with Gasteiger partial charge in [0, 0.05) is 13.6 Å². The summed E-state index contributed by atoms with van der Waals surface area (Å²) in [7, 11) is 1.54. The van der Waals surface area contributed by atoms with Crippen LogP contribution in [-0.4, -0.2) is 31.2 Å². The van der Waals surface area contributed by atoms with Crippen LogP contribution in [0.2, 0.25) is 0 Å². The average Bonchev–Trinajstić information content (AvgIpc) is 2.35. The number of anilines is 1. The van der Waals surface area contributed by atoms with E-state index in [2.05, 4.69) is 5.32 Å². The fourth-order valence-corrected chi connectivity index (χ4v) is 1.66. The van der Waals surface area contributed by atoms with Crippen LogP contribution in [0.1, 0.15) is 25.5 Å². The number of carbonyl (C=O) groups is 1. The molecule has 1 aromatic carbocycles. The van der Waals surface area contributed by atoms with E-state index in [1.807, 2.05) is 6.92 Å². The van der Waals surface area contributed by atoms with E-state index in [0.717, 1.165) is 0 Å². The predicted octanol–water partition coefficient (Wildman–Crippen LogP) is 1.45. The summed E-state index contributed by atoms with van der Waals surface area (Å²) in [6.45, 7) is 4.07. The van der Waals surface area contributed by atoms with Crippen molar-refractivity contribution in [3.8, 4) is 0 Å². The number of carbonyl (C=O) groups excluding carboxylic acids is 1. The summed E-state index contributed by atoms with van der Waals surface area (Å²) in [5.41, 5.74) is 0.887. The molecule has 100 valence electrons. The van der Waals surface area contributed by atoms with E-state index < -0.39 is 11.9 Å². The molecule has 4 nitrogen and oxygen atoms in total. The maximum absolute atomic E-state index is 13.9. The van der Waals surface area contributed by atoms with Crippen LogP contribution in [0, 0.1) is 5.82 Å². The van der Waals surface area contributed by atoms with E-state index in [0.29, 0.717) is 17.8 Å². The van der Waals surface area contributed by atoms with Crippen molar-refractivity contribution in [2.75, 3.05) is 25.0 Å². The fraction of sp³-hybridized carbons (Fsp3) is 0.462. The van der Waals surface area contributed by atoms with Crippen molar-refractivity contribution in [3.63, 3.8) is 0 Å². The zero-order chi connectivity index (χ0) is 13.7. The highest BCUT2D eigenvalue weighted by Gasteiger charge is 2.14. The maximum Gasteiger partial charge on any atom is 0.239 e. The smallest absolute Gasteiger partial charge is 0.239 e. The van der Waals surface area contributed by atoms with E-state index in [9.17, 15) is 14.3 Å². The third-order valence-corrected chi connectivity index (χ3v) is 2.79. The molecular formula is C13H19FN2O2. The second kappa shape index (κ2) is 6.35. The minimum atomic E-state index is -0.706. The molecule has 1 aromatic rings.